The monoisotopic (exact) mass is 388 g/mol. The molecule has 3 aromatic rings. The smallest absolute Gasteiger partial charge is 0.329 e. The van der Waals surface area contributed by atoms with Gasteiger partial charge >= 0.3 is 11.7 Å². The second kappa shape index (κ2) is 7.83. The third-order valence-corrected chi connectivity index (χ3v) is 5.01. The number of H-pyrrole nitrogens is 1. The van der Waals surface area contributed by atoms with Crippen molar-refractivity contribution in [2.24, 2.45) is 7.05 Å². The van der Waals surface area contributed by atoms with Gasteiger partial charge in [0.05, 0.1) is 18.9 Å². The van der Waals surface area contributed by atoms with E-state index in [4.69, 9.17) is 4.74 Å². The molecule has 0 radical (unpaired) electrons. The Bertz CT molecular complexity index is 1100. The molecule has 0 atom stereocenters. The summed E-state index contributed by atoms with van der Waals surface area (Å²) in [5, 5.41) is 0.477. The molecule has 2 aromatic heterocycles. The second-order valence-electron chi connectivity index (χ2n) is 6.05. The molecular formula is C18H20N4O4S. The maximum absolute atomic E-state index is 12.4. The van der Waals surface area contributed by atoms with Gasteiger partial charge in [0.1, 0.15) is 0 Å². The third-order valence-electron chi connectivity index (χ3n) is 4.06. The van der Waals surface area contributed by atoms with E-state index in [0.717, 1.165) is 11.1 Å². The first kappa shape index (κ1) is 19.0. The summed E-state index contributed by atoms with van der Waals surface area (Å²) in [6.07, 6.45) is 0. The van der Waals surface area contributed by atoms with Crippen molar-refractivity contribution in [1.82, 2.24) is 19.1 Å². The summed E-state index contributed by atoms with van der Waals surface area (Å²) in [5.41, 5.74) is 1.65. The molecule has 2 heterocycles. The summed E-state index contributed by atoms with van der Waals surface area (Å²) in [6.45, 7) is 4.43. The number of aromatic amines is 1. The van der Waals surface area contributed by atoms with Crippen LogP contribution >= 0.6 is 11.8 Å². The van der Waals surface area contributed by atoms with Gasteiger partial charge in [-0.2, -0.15) is 0 Å². The summed E-state index contributed by atoms with van der Waals surface area (Å²) in [5.74, 6) is -0.295. The molecule has 142 valence electrons. The number of esters is 1. The number of imidazole rings is 1. The molecule has 1 aromatic carbocycles. The summed E-state index contributed by atoms with van der Waals surface area (Å²) in [7, 11) is 1.55. The zero-order valence-electron chi connectivity index (χ0n) is 15.3. The molecule has 8 nitrogen and oxygen atoms in total. The molecule has 0 saturated carbocycles. The van der Waals surface area contributed by atoms with E-state index in [9.17, 15) is 14.4 Å². The number of rotatable bonds is 6. The van der Waals surface area contributed by atoms with Crippen LogP contribution in [0.5, 0.6) is 0 Å². The average Bonchev–Trinajstić information content (AvgIpc) is 2.99. The van der Waals surface area contributed by atoms with Crippen molar-refractivity contribution in [2.75, 3.05) is 12.4 Å². The molecule has 0 aliphatic heterocycles. The lowest BCUT2D eigenvalue weighted by Crippen LogP contribution is -2.29. The minimum Gasteiger partial charge on any atom is -0.465 e. The highest BCUT2D eigenvalue weighted by atomic mass is 32.2. The van der Waals surface area contributed by atoms with Crippen LogP contribution in [0.4, 0.5) is 0 Å². The summed E-state index contributed by atoms with van der Waals surface area (Å²) in [4.78, 5) is 42.8. The van der Waals surface area contributed by atoms with Crippen LogP contribution in [0.1, 0.15) is 18.1 Å². The first-order chi connectivity index (χ1) is 12.9. The fourth-order valence-corrected chi connectivity index (χ4v) is 3.47. The van der Waals surface area contributed by atoms with Crippen molar-refractivity contribution in [1.29, 1.82) is 0 Å². The Labute approximate surface area is 159 Å². The van der Waals surface area contributed by atoms with Gasteiger partial charge in [0.15, 0.2) is 16.3 Å². The topological polar surface area (TPSA) is 99.0 Å². The number of hydrogen-bond acceptors (Lipinski definition) is 6. The van der Waals surface area contributed by atoms with Gasteiger partial charge in [0.25, 0.3) is 5.56 Å². The van der Waals surface area contributed by atoms with Gasteiger partial charge in [-0.15, -0.1) is 0 Å². The van der Waals surface area contributed by atoms with Crippen LogP contribution in [0.2, 0.25) is 0 Å². The number of carbonyl (C=O) groups excluding carboxylic acids is 1. The van der Waals surface area contributed by atoms with E-state index in [1.807, 2.05) is 31.2 Å². The molecule has 1 N–H and O–H groups in total. The number of ether oxygens (including phenoxy) is 1. The van der Waals surface area contributed by atoms with E-state index in [-0.39, 0.29) is 17.4 Å². The van der Waals surface area contributed by atoms with Gasteiger partial charge < -0.3 is 9.30 Å². The molecule has 0 bridgehead atoms. The molecule has 0 amide bonds. The van der Waals surface area contributed by atoms with E-state index in [1.165, 1.54) is 16.3 Å². The van der Waals surface area contributed by atoms with Crippen LogP contribution < -0.4 is 11.2 Å². The number of benzene rings is 1. The van der Waals surface area contributed by atoms with Crippen molar-refractivity contribution in [3.8, 4) is 0 Å². The molecule has 0 saturated heterocycles. The highest BCUT2D eigenvalue weighted by Gasteiger charge is 2.19. The maximum atomic E-state index is 12.4. The molecule has 9 heteroatoms. The van der Waals surface area contributed by atoms with Crippen LogP contribution in [0.3, 0.4) is 0 Å². The van der Waals surface area contributed by atoms with Crippen molar-refractivity contribution in [3.05, 3.63) is 56.2 Å². The van der Waals surface area contributed by atoms with Gasteiger partial charge in [0, 0.05) is 7.05 Å². The van der Waals surface area contributed by atoms with E-state index in [2.05, 4.69) is 9.97 Å². The van der Waals surface area contributed by atoms with E-state index in [1.54, 1.807) is 18.5 Å². The van der Waals surface area contributed by atoms with Crippen molar-refractivity contribution >= 4 is 28.9 Å². The van der Waals surface area contributed by atoms with Crippen LogP contribution in [0.15, 0.2) is 39.0 Å². The normalized spacial score (nSPS) is 11.1. The summed E-state index contributed by atoms with van der Waals surface area (Å²) >= 11 is 1.18. The fraction of sp³-hybridized carbons (Fsp3) is 0.333. The minimum absolute atomic E-state index is 0.0664. The van der Waals surface area contributed by atoms with E-state index >= 15 is 0 Å². The zero-order chi connectivity index (χ0) is 19.6. The first-order valence-electron chi connectivity index (χ1n) is 8.44. The zero-order valence-corrected chi connectivity index (χ0v) is 16.1. The molecule has 0 fully saturated rings. The number of carbonyl (C=O) groups is 1. The lowest BCUT2D eigenvalue weighted by Gasteiger charge is -2.09. The Kier molecular flexibility index (Phi) is 5.50. The predicted molar refractivity (Wildman–Crippen MR) is 103 cm³/mol. The maximum Gasteiger partial charge on any atom is 0.329 e. The number of fused-ring (bicyclic) bond motifs is 1. The number of hydrogen-bond donors (Lipinski definition) is 1. The summed E-state index contributed by atoms with van der Waals surface area (Å²) in [6, 6.07) is 7.91. The van der Waals surface area contributed by atoms with Crippen molar-refractivity contribution < 1.29 is 9.53 Å². The number of aryl methyl sites for hydroxylation is 2. The van der Waals surface area contributed by atoms with Crippen molar-refractivity contribution in [2.45, 2.75) is 25.5 Å². The van der Waals surface area contributed by atoms with Crippen LogP contribution in [0, 0.1) is 6.92 Å². The number of nitrogens with one attached hydrogen (secondary N) is 1. The average molecular weight is 388 g/mol. The van der Waals surface area contributed by atoms with E-state index in [0.29, 0.717) is 23.8 Å². The van der Waals surface area contributed by atoms with Crippen molar-refractivity contribution in [3.63, 3.8) is 0 Å². The van der Waals surface area contributed by atoms with Gasteiger partial charge in [-0.1, -0.05) is 41.6 Å². The largest absolute Gasteiger partial charge is 0.465 e. The van der Waals surface area contributed by atoms with Gasteiger partial charge in [0.2, 0.25) is 0 Å². The third kappa shape index (κ3) is 3.97. The lowest BCUT2D eigenvalue weighted by atomic mass is 10.1. The number of aromatic nitrogens is 4. The predicted octanol–water partition coefficient (Wildman–Crippen LogP) is 1.44. The highest BCUT2D eigenvalue weighted by Crippen LogP contribution is 2.23. The van der Waals surface area contributed by atoms with Crippen LogP contribution in [-0.4, -0.2) is 37.4 Å². The van der Waals surface area contributed by atoms with Gasteiger partial charge in [-0.25, -0.2) is 9.78 Å². The molecular weight excluding hydrogens is 368 g/mol. The molecule has 0 aliphatic rings. The molecule has 27 heavy (non-hydrogen) atoms. The Morgan fingerprint density at radius 3 is 2.63 bits per heavy atom. The first-order valence-corrected chi connectivity index (χ1v) is 9.42. The Morgan fingerprint density at radius 1 is 1.26 bits per heavy atom. The fourth-order valence-electron chi connectivity index (χ4n) is 2.67. The highest BCUT2D eigenvalue weighted by molar-refractivity contribution is 7.99. The molecule has 0 spiro atoms. The lowest BCUT2D eigenvalue weighted by molar-refractivity contribution is -0.139. The number of nitrogens with zero attached hydrogens (tertiary/aromatic N) is 3. The molecule has 3 rings (SSSR count). The van der Waals surface area contributed by atoms with Gasteiger partial charge in [-0.05, 0) is 19.4 Å². The van der Waals surface area contributed by atoms with Crippen LogP contribution in [0.25, 0.3) is 11.2 Å². The molecule has 0 unspecified atom stereocenters. The van der Waals surface area contributed by atoms with E-state index < -0.39 is 11.2 Å². The van der Waals surface area contributed by atoms with Crippen LogP contribution in [-0.2, 0) is 23.1 Å². The number of thioether (sulfide) groups is 1. The summed E-state index contributed by atoms with van der Waals surface area (Å²) < 4.78 is 7.97. The Hall–Kier alpha value is -2.81. The molecule has 0 aliphatic carbocycles. The standard InChI is InChI=1S/C18H20N4O4S/c1-4-26-13(23)10-27-18-19-15-14(16(24)20-17(25)21(15)3)22(18)9-12-7-5-11(2)6-8-12/h5-8H,4,9-10H2,1-3H3,(H,20,24,25). The minimum atomic E-state index is -0.533. The SMILES string of the molecule is CCOC(=O)CSc1nc2c(c(=O)[nH]c(=O)n2C)n1Cc1ccc(C)cc1. The quantitative estimate of drug-likeness (QED) is 0.507. The Balaban J connectivity index is 2.09. The van der Waals surface area contributed by atoms with Gasteiger partial charge in [-0.3, -0.25) is 19.1 Å². The second-order valence-corrected chi connectivity index (χ2v) is 6.99. The Morgan fingerprint density at radius 2 is 1.96 bits per heavy atom.